The van der Waals surface area contributed by atoms with Crippen LogP contribution in [0, 0.1) is 3.83 Å². The van der Waals surface area contributed by atoms with Crippen molar-refractivity contribution in [3.05, 3.63) is 88.0 Å². The van der Waals surface area contributed by atoms with Gasteiger partial charge in [0.25, 0.3) is 0 Å². The Kier molecular flexibility index (Phi) is 4.70. The highest BCUT2D eigenvalue weighted by atomic mass is 127. The van der Waals surface area contributed by atoms with Crippen LogP contribution in [0.15, 0.2) is 72.8 Å². The highest BCUT2D eigenvalue weighted by molar-refractivity contribution is 14.1. The number of benzene rings is 2. The van der Waals surface area contributed by atoms with E-state index in [9.17, 15) is 0 Å². The van der Waals surface area contributed by atoms with Crippen molar-refractivity contribution >= 4 is 33.7 Å². The molecule has 2 aromatic carbocycles. The molecule has 1 aliphatic carbocycles. The third-order valence-electron chi connectivity index (χ3n) is 4.14. The van der Waals surface area contributed by atoms with Crippen molar-refractivity contribution in [1.29, 1.82) is 0 Å². The quantitative estimate of drug-likeness (QED) is 0.515. The molecule has 4 rings (SSSR count). The van der Waals surface area contributed by atoms with Crippen LogP contribution in [0.3, 0.4) is 0 Å². The number of aromatic nitrogens is 3. The standard InChI is InChI=1S/C21H16IN3/c22-21-24-19(16-10-5-2-6-11-16)23-20(25-21)18-13-7-12-17(14-18)15-8-3-1-4-9-15/h1-6,8-12,14H,7,13H2. The molecule has 1 heterocycles. The first-order valence-electron chi connectivity index (χ1n) is 8.23. The van der Waals surface area contributed by atoms with Crippen LogP contribution < -0.4 is 0 Å². The van der Waals surface area contributed by atoms with E-state index in [0.717, 1.165) is 33.9 Å². The van der Waals surface area contributed by atoms with Crippen LogP contribution in [0.2, 0.25) is 0 Å². The van der Waals surface area contributed by atoms with Crippen molar-refractivity contribution in [1.82, 2.24) is 15.0 Å². The van der Waals surface area contributed by atoms with Gasteiger partial charge in [-0.1, -0.05) is 66.7 Å². The maximum atomic E-state index is 4.73. The normalized spacial score (nSPS) is 14.0. The number of halogens is 1. The van der Waals surface area contributed by atoms with E-state index in [-0.39, 0.29) is 0 Å². The summed E-state index contributed by atoms with van der Waals surface area (Å²) in [5.74, 6) is 1.51. The molecule has 0 N–H and O–H groups in total. The Hall–Kier alpha value is -2.34. The molecule has 0 atom stereocenters. The summed E-state index contributed by atoms with van der Waals surface area (Å²) < 4.78 is 0.721. The van der Waals surface area contributed by atoms with Crippen molar-refractivity contribution in [3.8, 4) is 11.4 Å². The minimum atomic E-state index is 0.721. The summed E-state index contributed by atoms with van der Waals surface area (Å²) in [5.41, 5.74) is 4.64. The minimum absolute atomic E-state index is 0.721. The van der Waals surface area contributed by atoms with Gasteiger partial charge in [0.05, 0.1) is 0 Å². The second-order valence-corrected chi connectivity index (χ2v) is 6.82. The Bertz CT molecular complexity index is 947. The van der Waals surface area contributed by atoms with Crippen molar-refractivity contribution in [3.63, 3.8) is 0 Å². The highest BCUT2D eigenvalue weighted by Crippen LogP contribution is 2.30. The number of rotatable bonds is 3. The summed E-state index contributed by atoms with van der Waals surface area (Å²) in [6, 6.07) is 20.5. The molecule has 0 fully saturated rings. The van der Waals surface area contributed by atoms with Crippen LogP contribution in [-0.2, 0) is 0 Å². The van der Waals surface area contributed by atoms with E-state index in [0.29, 0.717) is 0 Å². The molecule has 0 aliphatic heterocycles. The third kappa shape index (κ3) is 3.69. The van der Waals surface area contributed by atoms with Gasteiger partial charge in [-0.3, -0.25) is 0 Å². The van der Waals surface area contributed by atoms with Gasteiger partial charge in [0, 0.05) is 28.2 Å². The van der Waals surface area contributed by atoms with Crippen molar-refractivity contribution in [2.24, 2.45) is 0 Å². The van der Waals surface area contributed by atoms with Crippen LogP contribution >= 0.6 is 22.6 Å². The Morgan fingerprint density at radius 2 is 1.36 bits per heavy atom. The minimum Gasteiger partial charge on any atom is -0.208 e. The lowest BCUT2D eigenvalue weighted by Gasteiger charge is -2.14. The average molecular weight is 437 g/mol. The molecule has 3 aromatic rings. The van der Waals surface area contributed by atoms with Crippen LogP contribution in [0.4, 0.5) is 0 Å². The fourth-order valence-corrected chi connectivity index (χ4v) is 3.38. The molecule has 0 bridgehead atoms. The van der Waals surface area contributed by atoms with Crippen molar-refractivity contribution in [2.75, 3.05) is 0 Å². The van der Waals surface area contributed by atoms with E-state index >= 15 is 0 Å². The van der Waals surface area contributed by atoms with Gasteiger partial charge in [-0.25, -0.2) is 15.0 Å². The van der Waals surface area contributed by atoms with E-state index < -0.39 is 0 Å². The maximum Gasteiger partial charge on any atom is 0.194 e. The molecule has 1 aromatic heterocycles. The van der Waals surface area contributed by atoms with Gasteiger partial charge >= 0.3 is 0 Å². The molecular formula is C21H16IN3. The van der Waals surface area contributed by atoms with Crippen molar-refractivity contribution in [2.45, 2.75) is 12.8 Å². The highest BCUT2D eigenvalue weighted by Gasteiger charge is 2.14. The predicted molar refractivity (Wildman–Crippen MR) is 110 cm³/mol. The Labute approximate surface area is 160 Å². The molecule has 122 valence electrons. The Morgan fingerprint density at radius 1 is 0.720 bits per heavy atom. The van der Waals surface area contributed by atoms with Gasteiger partial charge in [0.1, 0.15) is 0 Å². The molecule has 3 nitrogen and oxygen atoms in total. The smallest absolute Gasteiger partial charge is 0.194 e. The zero-order chi connectivity index (χ0) is 17.1. The number of nitrogens with zero attached hydrogens (tertiary/aromatic N) is 3. The molecule has 1 aliphatic rings. The molecule has 0 amide bonds. The molecule has 0 saturated carbocycles. The first kappa shape index (κ1) is 16.1. The summed E-state index contributed by atoms with van der Waals surface area (Å²) >= 11 is 2.17. The molecule has 25 heavy (non-hydrogen) atoms. The van der Waals surface area contributed by atoms with Gasteiger partial charge in [-0.05, 0) is 35.6 Å². The zero-order valence-corrected chi connectivity index (χ0v) is 15.7. The fraction of sp³-hybridized carbons (Fsp3) is 0.0952. The van der Waals surface area contributed by atoms with Crippen LogP contribution in [0.1, 0.15) is 24.2 Å². The first-order valence-corrected chi connectivity index (χ1v) is 9.31. The predicted octanol–water partition coefficient (Wildman–Crippen LogP) is 5.40. The van der Waals surface area contributed by atoms with Crippen LogP contribution in [0.25, 0.3) is 22.5 Å². The number of hydrogen-bond donors (Lipinski definition) is 0. The first-order chi connectivity index (χ1) is 12.3. The molecule has 0 unspecified atom stereocenters. The second-order valence-electron chi connectivity index (χ2n) is 5.85. The summed E-state index contributed by atoms with van der Waals surface area (Å²) in [5, 5.41) is 0. The van der Waals surface area contributed by atoms with E-state index in [1.807, 2.05) is 36.4 Å². The SMILES string of the molecule is Ic1nc(C2=CC(c3ccccc3)=CCC2)nc(-c2ccccc2)n1. The average Bonchev–Trinajstić information content (AvgIpc) is 2.69. The summed E-state index contributed by atoms with van der Waals surface area (Å²) in [6.45, 7) is 0. The largest absolute Gasteiger partial charge is 0.208 e. The lowest BCUT2D eigenvalue weighted by Crippen LogP contribution is -2.04. The third-order valence-corrected chi connectivity index (χ3v) is 4.62. The number of allylic oxidation sites excluding steroid dienone is 4. The second kappa shape index (κ2) is 7.27. The maximum absolute atomic E-state index is 4.73. The number of hydrogen-bond acceptors (Lipinski definition) is 3. The lowest BCUT2D eigenvalue weighted by molar-refractivity contribution is 0.951. The van der Waals surface area contributed by atoms with Crippen LogP contribution in [0.5, 0.6) is 0 Å². The van der Waals surface area contributed by atoms with Gasteiger partial charge in [-0.2, -0.15) is 0 Å². The molecule has 0 radical (unpaired) electrons. The van der Waals surface area contributed by atoms with Gasteiger partial charge in [0.2, 0.25) is 0 Å². The van der Waals surface area contributed by atoms with E-state index in [4.69, 9.17) is 4.98 Å². The molecule has 0 saturated heterocycles. The van der Waals surface area contributed by atoms with E-state index in [2.05, 4.69) is 69.0 Å². The summed E-state index contributed by atoms with van der Waals surface area (Å²) in [4.78, 5) is 13.8. The molecule has 4 heteroatoms. The van der Waals surface area contributed by atoms with E-state index in [1.165, 1.54) is 16.7 Å². The fourth-order valence-electron chi connectivity index (χ4n) is 2.92. The summed E-state index contributed by atoms with van der Waals surface area (Å²) in [6.07, 6.45) is 6.44. The Balaban J connectivity index is 1.73. The molecular weight excluding hydrogens is 421 g/mol. The van der Waals surface area contributed by atoms with Crippen molar-refractivity contribution < 1.29 is 0 Å². The Morgan fingerprint density at radius 3 is 2.08 bits per heavy atom. The van der Waals surface area contributed by atoms with Gasteiger partial charge in [-0.15, -0.1) is 0 Å². The monoisotopic (exact) mass is 437 g/mol. The van der Waals surface area contributed by atoms with Gasteiger partial charge in [0.15, 0.2) is 15.5 Å². The van der Waals surface area contributed by atoms with Gasteiger partial charge < -0.3 is 0 Å². The topological polar surface area (TPSA) is 38.7 Å². The zero-order valence-electron chi connectivity index (χ0n) is 13.6. The van der Waals surface area contributed by atoms with E-state index in [1.54, 1.807) is 0 Å². The van der Waals surface area contributed by atoms with Crippen LogP contribution in [-0.4, -0.2) is 15.0 Å². The lowest BCUT2D eigenvalue weighted by atomic mass is 9.94. The molecule has 0 spiro atoms. The summed E-state index contributed by atoms with van der Waals surface area (Å²) in [7, 11) is 0.